The average Bonchev–Trinajstić information content (AvgIpc) is 2.41. The van der Waals surface area contributed by atoms with Gasteiger partial charge in [-0.15, -0.1) is 0 Å². The van der Waals surface area contributed by atoms with E-state index in [0.717, 1.165) is 6.07 Å². The number of hydrogen-bond donors (Lipinski definition) is 2. The summed E-state index contributed by atoms with van der Waals surface area (Å²) >= 11 is 3.10. The molecule has 0 fully saturated rings. The minimum absolute atomic E-state index is 0.0116. The highest BCUT2D eigenvalue weighted by Gasteiger charge is 2.19. The number of rotatable bonds is 7. The van der Waals surface area contributed by atoms with Crippen LogP contribution in [0.4, 0.5) is 5.69 Å². The summed E-state index contributed by atoms with van der Waals surface area (Å²) in [7, 11) is 0. The number of nitrogens with zero attached hydrogens (tertiary/aromatic N) is 1. The van der Waals surface area contributed by atoms with Gasteiger partial charge in [-0.05, 0) is 12.5 Å². The number of carboxylic acid groups (broad SMARTS) is 1. The third-order valence-corrected chi connectivity index (χ3v) is 3.31. The van der Waals surface area contributed by atoms with E-state index in [0.29, 0.717) is 17.3 Å². The van der Waals surface area contributed by atoms with Crippen LogP contribution in [-0.4, -0.2) is 28.5 Å². The Bertz CT molecular complexity index is 561. The SMILES string of the molecule is CCCC(CNC(=O)c1cc(Br)cc([N+](=O)[O-])c1)C(=O)O. The van der Waals surface area contributed by atoms with Crippen LogP contribution >= 0.6 is 15.9 Å². The summed E-state index contributed by atoms with van der Waals surface area (Å²) in [6.45, 7) is 1.84. The highest BCUT2D eigenvalue weighted by molar-refractivity contribution is 9.10. The molecule has 1 atom stereocenters. The van der Waals surface area contributed by atoms with E-state index in [1.165, 1.54) is 12.1 Å². The zero-order valence-corrected chi connectivity index (χ0v) is 12.9. The molecule has 1 amide bonds. The number of hydrogen-bond acceptors (Lipinski definition) is 4. The molecular formula is C13H15BrN2O5. The van der Waals surface area contributed by atoms with Crippen molar-refractivity contribution >= 4 is 33.5 Å². The fourth-order valence-electron chi connectivity index (χ4n) is 1.79. The van der Waals surface area contributed by atoms with Gasteiger partial charge in [-0.3, -0.25) is 19.7 Å². The summed E-state index contributed by atoms with van der Waals surface area (Å²) in [6.07, 6.45) is 1.14. The van der Waals surface area contributed by atoms with E-state index in [-0.39, 0.29) is 17.8 Å². The molecule has 8 heteroatoms. The van der Waals surface area contributed by atoms with Gasteiger partial charge in [-0.1, -0.05) is 29.3 Å². The first-order chi connectivity index (χ1) is 9.85. The molecule has 0 bridgehead atoms. The molecule has 0 aliphatic carbocycles. The van der Waals surface area contributed by atoms with Crippen LogP contribution in [0.2, 0.25) is 0 Å². The number of nitro groups is 1. The van der Waals surface area contributed by atoms with Crippen LogP contribution in [0.3, 0.4) is 0 Å². The first-order valence-electron chi connectivity index (χ1n) is 6.31. The first-order valence-corrected chi connectivity index (χ1v) is 7.10. The third-order valence-electron chi connectivity index (χ3n) is 2.85. The summed E-state index contributed by atoms with van der Waals surface area (Å²) in [5.74, 6) is -2.18. The van der Waals surface area contributed by atoms with Gasteiger partial charge in [-0.25, -0.2) is 0 Å². The van der Waals surface area contributed by atoms with Crippen LogP contribution in [0.5, 0.6) is 0 Å². The minimum Gasteiger partial charge on any atom is -0.481 e. The van der Waals surface area contributed by atoms with Crippen molar-refractivity contribution in [3.05, 3.63) is 38.3 Å². The molecular weight excluding hydrogens is 344 g/mol. The quantitative estimate of drug-likeness (QED) is 0.574. The Kier molecular flexibility index (Phi) is 6.29. The van der Waals surface area contributed by atoms with Crippen molar-refractivity contribution in [1.29, 1.82) is 0 Å². The lowest BCUT2D eigenvalue weighted by Crippen LogP contribution is -2.32. The van der Waals surface area contributed by atoms with Crippen LogP contribution < -0.4 is 5.32 Å². The van der Waals surface area contributed by atoms with E-state index >= 15 is 0 Å². The number of carboxylic acids is 1. The molecule has 0 aromatic heterocycles. The second kappa shape index (κ2) is 7.72. The number of aliphatic carboxylic acids is 1. The minimum atomic E-state index is -0.975. The van der Waals surface area contributed by atoms with Gasteiger partial charge < -0.3 is 10.4 Å². The summed E-state index contributed by atoms with van der Waals surface area (Å²) in [5, 5.41) is 22.2. The van der Waals surface area contributed by atoms with Crippen molar-refractivity contribution in [2.24, 2.45) is 5.92 Å². The highest BCUT2D eigenvalue weighted by Crippen LogP contribution is 2.21. The average molecular weight is 359 g/mol. The van der Waals surface area contributed by atoms with Crippen molar-refractivity contribution in [3.63, 3.8) is 0 Å². The molecule has 0 saturated carbocycles. The fourth-order valence-corrected chi connectivity index (χ4v) is 2.27. The van der Waals surface area contributed by atoms with Crippen LogP contribution in [0.1, 0.15) is 30.1 Å². The van der Waals surface area contributed by atoms with E-state index in [9.17, 15) is 19.7 Å². The molecule has 1 unspecified atom stereocenters. The second-order valence-electron chi connectivity index (χ2n) is 4.49. The zero-order chi connectivity index (χ0) is 16.0. The second-order valence-corrected chi connectivity index (χ2v) is 5.40. The van der Waals surface area contributed by atoms with Gasteiger partial charge in [0.05, 0.1) is 10.8 Å². The number of carbonyl (C=O) groups is 2. The van der Waals surface area contributed by atoms with E-state index < -0.39 is 22.7 Å². The van der Waals surface area contributed by atoms with E-state index in [4.69, 9.17) is 5.11 Å². The molecule has 0 aliphatic rings. The number of non-ortho nitro benzene ring substituents is 1. The third kappa shape index (κ3) is 5.14. The highest BCUT2D eigenvalue weighted by atomic mass is 79.9. The van der Waals surface area contributed by atoms with Crippen LogP contribution in [0.25, 0.3) is 0 Å². The van der Waals surface area contributed by atoms with Gasteiger partial charge in [0.15, 0.2) is 0 Å². The summed E-state index contributed by atoms with van der Waals surface area (Å²) < 4.78 is 0.408. The molecule has 7 nitrogen and oxygen atoms in total. The Morgan fingerprint density at radius 2 is 2.10 bits per heavy atom. The molecule has 2 N–H and O–H groups in total. The van der Waals surface area contributed by atoms with Crippen molar-refractivity contribution in [1.82, 2.24) is 5.32 Å². The molecule has 0 saturated heterocycles. The number of carbonyl (C=O) groups excluding carboxylic acids is 1. The summed E-state index contributed by atoms with van der Waals surface area (Å²) in [6, 6.07) is 3.88. The number of amides is 1. The van der Waals surface area contributed by atoms with Gasteiger partial charge in [0.1, 0.15) is 0 Å². The molecule has 1 rings (SSSR count). The first kappa shape index (κ1) is 17.1. The van der Waals surface area contributed by atoms with Crippen LogP contribution in [-0.2, 0) is 4.79 Å². The maximum absolute atomic E-state index is 12.0. The van der Waals surface area contributed by atoms with Gasteiger partial charge in [0.2, 0.25) is 0 Å². The maximum atomic E-state index is 12.0. The number of halogens is 1. The lowest BCUT2D eigenvalue weighted by molar-refractivity contribution is -0.385. The predicted molar refractivity (Wildman–Crippen MR) is 79.2 cm³/mol. The molecule has 0 heterocycles. The molecule has 114 valence electrons. The lowest BCUT2D eigenvalue weighted by Gasteiger charge is -2.12. The van der Waals surface area contributed by atoms with E-state index in [1.807, 2.05) is 6.92 Å². The number of benzene rings is 1. The van der Waals surface area contributed by atoms with Crippen molar-refractivity contribution in [3.8, 4) is 0 Å². The molecule has 0 aliphatic heterocycles. The standard InChI is InChI=1S/C13H15BrN2O5/c1-2-3-8(13(18)19)7-15-12(17)9-4-10(14)6-11(5-9)16(20)21/h4-6,8H,2-3,7H2,1H3,(H,15,17)(H,18,19). The number of nitrogens with one attached hydrogen (secondary N) is 1. The Balaban J connectivity index is 2.80. The van der Waals surface area contributed by atoms with Gasteiger partial charge in [0.25, 0.3) is 11.6 Å². The Hall–Kier alpha value is -1.96. The van der Waals surface area contributed by atoms with E-state index in [2.05, 4.69) is 21.2 Å². The molecule has 0 radical (unpaired) electrons. The monoisotopic (exact) mass is 358 g/mol. The predicted octanol–water partition coefficient (Wildman–Crippen LogP) is 2.59. The number of nitro benzene ring substituents is 1. The molecule has 0 spiro atoms. The van der Waals surface area contributed by atoms with Crippen molar-refractivity contribution < 1.29 is 19.6 Å². The lowest BCUT2D eigenvalue weighted by atomic mass is 10.0. The Morgan fingerprint density at radius 1 is 1.43 bits per heavy atom. The van der Waals surface area contributed by atoms with Crippen molar-refractivity contribution in [2.75, 3.05) is 6.54 Å². The van der Waals surface area contributed by atoms with Gasteiger partial charge in [-0.2, -0.15) is 0 Å². The largest absolute Gasteiger partial charge is 0.481 e. The summed E-state index contributed by atoms with van der Waals surface area (Å²) in [4.78, 5) is 33.1. The van der Waals surface area contributed by atoms with Gasteiger partial charge >= 0.3 is 5.97 Å². The maximum Gasteiger partial charge on any atom is 0.308 e. The fraction of sp³-hybridized carbons (Fsp3) is 0.385. The Morgan fingerprint density at radius 3 is 2.62 bits per heavy atom. The topological polar surface area (TPSA) is 110 Å². The van der Waals surface area contributed by atoms with Crippen LogP contribution in [0, 0.1) is 16.0 Å². The normalized spacial score (nSPS) is 11.7. The molecule has 1 aromatic carbocycles. The zero-order valence-electron chi connectivity index (χ0n) is 11.3. The molecule has 21 heavy (non-hydrogen) atoms. The summed E-state index contributed by atoms with van der Waals surface area (Å²) in [5.41, 5.74) is -0.102. The van der Waals surface area contributed by atoms with Gasteiger partial charge in [0, 0.05) is 28.7 Å². The smallest absolute Gasteiger partial charge is 0.308 e. The van der Waals surface area contributed by atoms with E-state index in [1.54, 1.807) is 0 Å². The molecule has 1 aromatic rings. The Labute approximate surface area is 129 Å². The van der Waals surface area contributed by atoms with Crippen molar-refractivity contribution in [2.45, 2.75) is 19.8 Å². The van der Waals surface area contributed by atoms with Crippen LogP contribution in [0.15, 0.2) is 22.7 Å².